The number of methoxy groups -OCH3 is 1. The Morgan fingerprint density at radius 1 is 1.00 bits per heavy atom. The van der Waals surface area contributed by atoms with Gasteiger partial charge in [0.15, 0.2) is 15.8 Å². The fourth-order valence-corrected chi connectivity index (χ4v) is 4.78. The van der Waals surface area contributed by atoms with Gasteiger partial charge in [-0.05, 0) is 60.5 Å². The summed E-state index contributed by atoms with van der Waals surface area (Å²) in [6, 6.07) is 21.6. The van der Waals surface area contributed by atoms with Gasteiger partial charge >= 0.3 is 0 Å². The first kappa shape index (κ1) is 23.9. The molecule has 0 aliphatic carbocycles. The van der Waals surface area contributed by atoms with Crippen LogP contribution >= 0.6 is 24.0 Å². The highest BCUT2D eigenvalue weighted by atomic mass is 32.2. The smallest absolute Gasteiger partial charge is 0.270 e. The van der Waals surface area contributed by atoms with Gasteiger partial charge in [-0.25, -0.2) is 0 Å². The second kappa shape index (κ2) is 10.3. The van der Waals surface area contributed by atoms with Crippen molar-refractivity contribution in [3.63, 3.8) is 0 Å². The van der Waals surface area contributed by atoms with Crippen molar-refractivity contribution < 1.29 is 14.3 Å². The number of anilines is 2. The van der Waals surface area contributed by atoms with Gasteiger partial charge in [0.05, 0.1) is 17.7 Å². The molecule has 1 heterocycles. The summed E-state index contributed by atoms with van der Waals surface area (Å²) in [6.45, 7) is 2.50. The van der Waals surface area contributed by atoms with Gasteiger partial charge in [0.25, 0.3) is 5.91 Å². The summed E-state index contributed by atoms with van der Waals surface area (Å²) in [5.41, 5.74) is 4.94. The molecule has 1 aliphatic heterocycles. The number of thiocarbonyl (C=S) groups is 1. The second-order valence-electron chi connectivity index (χ2n) is 8.11. The molecule has 0 bridgehead atoms. The van der Waals surface area contributed by atoms with Crippen LogP contribution < -0.4 is 19.3 Å². The third-order valence-corrected chi connectivity index (χ3v) is 6.72. The summed E-state index contributed by atoms with van der Waals surface area (Å²) in [4.78, 5) is 17.3. The van der Waals surface area contributed by atoms with Gasteiger partial charge in [-0.2, -0.15) is 0 Å². The van der Waals surface area contributed by atoms with Crippen LogP contribution in [0.3, 0.4) is 0 Å². The summed E-state index contributed by atoms with van der Waals surface area (Å²) in [5.74, 6) is 1.12. The zero-order valence-corrected chi connectivity index (χ0v) is 21.2. The molecule has 1 amide bonds. The Kier molecular flexibility index (Phi) is 7.24. The van der Waals surface area contributed by atoms with Gasteiger partial charge < -0.3 is 14.4 Å². The molecule has 0 radical (unpaired) electrons. The third-order valence-electron chi connectivity index (χ3n) is 5.42. The Hall–Kier alpha value is -3.29. The van der Waals surface area contributed by atoms with Crippen molar-refractivity contribution in [1.82, 2.24) is 0 Å². The van der Waals surface area contributed by atoms with Crippen molar-refractivity contribution in [1.29, 1.82) is 0 Å². The lowest BCUT2D eigenvalue weighted by atomic mass is 10.1. The van der Waals surface area contributed by atoms with E-state index in [2.05, 4.69) is 19.1 Å². The fourth-order valence-electron chi connectivity index (χ4n) is 3.48. The first-order valence-electron chi connectivity index (χ1n) is 10.8. The lowest BCUT2D eigenvalue weighted by Gasteiger charge is -2.17. The minimum absolute atomic E-state index is 0.133. The number of benzene rings is 3. The molecule has 3 aromatic carbocycles. The molecule has 0 atom stereocenters. The highest BCUT2D eigenvalue weighted by Gasteiger charge is 2.33. The molecule has 34 heavy (non-hydrogen) atoms. The number of carbonyl (C=O) groups is 1. The summed E-state index contributed by atoms with van der Waals surface area (Å²) >= 11 is 6.80. The number of hydrogen-bond donors (Lipinski definition) is 0. The highest BCUT2D eigenvalue weighted by molar-refractivity contribution is 8.27. The van der Waals surface area contributed by atoms with Crippen LogP contribution in [0.1, 0.15) is 16.7 Å². The number of rotatable bonds is 7. The van der Waals surface area contributed by atoms with E-state index in [4.69, 9.17) is 21.7 Å². The molecule has 0 spiro atoms. The van der Waals surface area contributed by atoms with Gasteiger partial charge in [0.2, 0.25) is 0 Å². The molecule has 1 fully saturated rings. The van der Waals surface area contributed by atoms with E-state index in [0.29, 0.717) is 27.3 Å². The minimum Gasteiger partial charge on any atom is -0.493 e. The predicted octanol–water partition coefficient (Wildman–Crippen LogP) is 6.05. The first-order valence-corrected chi connectivity index (χ1v) is 12.0. The van der Waals surface area contributed by atoms with Crippen molar-refractivity contribution in [3.05, 3.63) is 88.3 Å². The van der Waals surface area contributed by atoms with E-state index in [1.54, 1.807) is 12.0 Å². The Bertz CT molecular complexity index is 1240. The molecule has 0 unspecified atom stereocenters. The molecule has 5 nitrogen and oxygen atoms in total. The number of ether oxygens (including phenoxy) is 2. The lowest BCUT2D eigenvalue weighted by Crippen LogP contribution is -2.27. The molecule has 1 aliphatic rings. The van der Waals surface area contributed by atoms with Gasteiger partial charge in [-0.1, -0.05) is 59.9 Å². The van der Waals surface area contributed by atoms with Crippen LogP contribution in [-0.4, -0.2) is 31.4 Å². The second-order valence-corrected chi connectivity index (χ2v) is 9.79. The SMILES string of the molecule is COc1cc(/C=C2\SC(=S)N(c3ccc(N(C)C)cc3)C2=O)ccc1OCc1ccc(C)cc1. The van der Waals surface area contributed by atoms with Crippen LogP contribution in [0.2, 0.25) is 0 Å². The van der Waals surface area contributed by atoms with Gasteiger partial charge in [-0.3, -0.25) is 9.69 Å². The highest BCUT2D eigenvalue weighted by Crippen LogP contribution is 2.37. The topological polar surface area (TPSA) is 42.0 Å². The molecule has 0 N–H and O–H groups in total. The monoisotopic (exact) mass is 490 g/mol. The van der Waals surface area contributed by atoms with Crippen LogP contribution in [0.4, 0.5) is 11.4 Å². The Morgan fingerprint density at radius 3 is 2.35 bits per heavy atom. The third kappa shape index (κ3) is 5.26. The van der Waals surface area contributed by atoms with E-state index in [-0.39, 0.29) is 5.91 Å². The Labute approximate surface area is 210 Å². The van der Waals surface area contributed by atoms with E-state index in [0.717, 1.165) is 22.5 Å². The Balaban J connectivity index is 1.51. The van der Waals surface area contributed by atoms with Gasteiger partial charge in [0.1, 0.15) is 6.61 Å². The molecule has 174 valence electrons. The maximum Gasteiger partial charge on any atom is 0.270 e. The van der Waals surface area contributed by atoms with Crippen LogP contribution in [0, 0.1) is 6.92 Å². The van der Waals surface area contributed by atoms with Crippen molar-refractivity contribution in [3.8, 4) is 11.5 Å². The van der Waals surface area contributed by atoms with Crippen molar-refractivity contribution in [2.45, 2.75) is 13.5 Å². The van der Waals surface area contributed by atoms with E-state index in [1.807, 2.05) is 79.7 Å². The van der Waals surface area contributed by atoms with Gasteiger partial charge in [-0.15, -0.1) is 0 Å². The number of nitrogens with zero attached hydrogens (tertiary/aromatic N) is 2. The van der Waals surface area contributed by atoms with Crippen LogP contribution in [0.25, 0.3) is 6.08 Å². The number of carbonyl (C=O) groups excluding carboxylic acids is 1. The quantitative estimate of drug-likeness (QED) is 0.296. The first-order chi connectivity index (χ1) is 16.4. The summed E-state index contributed by atoms with van der Waals surface area (Å²) in [5, 5.41) is 0. The van der Waals surface area contributed by atoms with Crippen molar-refractivity contribution in [2.75, 3.05) is 31.0 Å². The lowest BCUT2D eigenvalue weighted by molar-refractivity contribution is -0.113. The Morgan fingerprint density at radius 2 is 1.71 bits per heavy atom. The number of thioether (sulfide) groups is 1. The van der Waals surface area contributed by atoms with Crippen LogP contribution in [0.5, 0.6) is 11.5 Å². The average molecular weight is 491 g/mol. The summed E-state index contributed by atoms with van der Waals surface area (Å²) < 4.78 is 12.0. The fraction of sp³-hybridized carbons (Fsp3) is 0.185. The van der Waals surface area contributed by atoms with E-state index in [9.17, 15) is 4.79 Å². The minimum atomic E-state index is -0.133. The molecular weight excluding hydrogens is 464 g/mol. The number of hydrogen-bond acceptors (Lipinski definition) is 6. The maximum atomic E-state index is 13.1. The van der Waals surface area contributed by atoms with Crippen molar-refractivity contribution >= 4 is 51.7 Å². The molecule has 3 aromatic rings. The van der Waals surface area contributed by atoms with E-state index >= 15 is 0 Å². The predicted molar refractivity (Wildman–Crippen MR) is 145 cm³/mol. The van der Waals surface area contributed by atoms with Crippen LogP contribution in [-0.2, 0) is 11.4 Å². The molecular formula is C27H26N2O3S2. The van der Waals surface area contributed by atoms with Crippen molar-refractivity contribution in [2.24, 2.45) is 0 Å². The molecule has 7 heteroatoms. The van der Waals surface area contributed by atoms with Gasteiger partial charge in [0, 0.05) is 19.8 Å². The van der Waals surface area contributed by atoms with Crippen LogP contribution in [0.15, 0.2) is 71.6 Å². The summed E-state index contributed by atoms with van der Waals surface area (Å²) in [6.07, 6.45) is 1.83. The molecule has 4 rings (SSSR count). The standard InChI is InChI=1S/C27H26N2O3S2/c1-18-5-7-19(8-6-18)17-32-23-14-9-20(15-24(23)31-4)16-25-26(30)29(27(33)34-25)22-12-10-21(11-13-22)28(2)3/h5-16H,17H2,1-4H3/b25-16-. The molecule has 0 saturated carbocycles. The molecule has 1 saturated heterocycles. The number of amides is 1. The van der Waals surface area contributed by atoms with E-state index < -0.39 is 0 Å². The largest absolute Gasteiger partial charge is 0.493 e. The summed E-state index contributed by atoms with van der Waals surface area (Å²) in [7, 11) is 5.56. The molecule has 0 aromatic heterocycles. The zero-order chi connectivity index (χ0) is 24.2. The number of aryl methyl sites for hydroxylation is 1. The zero-order valence-electron chi connectivity index (χ0n) is 19.6. The normalized spacial score (nSPS) is 14.6. The average Bonchev–Trinajstić information content (AvgIpc) is 3.11. The maximum absolute atomic E-state index is 13.1. The van der Waals surface area contributed by atoms with E-state index in [1.165, 1.54) is 17.3 Å².